The van der Waals surface area contributed by atoms with Crippen molar-refractivity contribution in [2.75, 3.05) is 5.32 Å². The quantitative estimate of drug-likeness (QED) is 0.616. The third-order valence-electron chi connectivity index (χ3n) is 4.05. The monoisotopic (exact) mass is 433 g/mol. The number of amides is 2. The van der Waals surface area contributed by atoms with E-state index in [1.54, 1.807) is 19.9 Å². The molecule has 2 amide bonds. The molecule has 0 saturated carbocycles. The molecular weight excluding hydrogens is 410 g/mol. The molecule has 2 aromatic rings. The molecule has 0 aliphatic carbocycles. The van der Waals surface area contributed by atoms with Gasteiger partial charge >= 0.3 is 12.1 Å². The molecule has 160 valence electrons. The lowest BCUT2D eigenvalue weighted by Crippen LogP contribution is -2.47. The van der Waals surface area contributed by atoms with Crippen molar-refractivity contribution in [3.05, 3.63) is 59.2 Å². The summed E-state index contributed by atoms with van der Waals surface area (Å²) in [5, 5.41) is 5.44. The number of nitrogens with zero attached hydrogens (tertiary/aromatic N) is 1. The van der Waals surface area contributed by atoms with Crippen molar-refractivity contribution >= 4 is 35.4 Å². The second-order valence-electron chi connectivity index (χ2n) is 6.86. The van der Waals surface area contributed by atoms with E-state index in [1.165, 1.54) is 19.2 Å². The lowest BCUT2D eigenvalue weighted by Gasteiger charge is -2.22. The van der Waals surface area contributed by atoms with Crippen LogP contribution in [0.15, 0.2) is 48.7 Å². The number of hydrogen-bond acceptors (Lipinski definition) is 6. The topological polar surface area (TPSA) is 107 Å². The molecule has 2 rings (SSSR count). The maximum Gasteiger partial charge on any atom is 0.408 e. The molecule has 0 spiro atoms. The van der Waals surface area contributed by atoms with Crippen molar-refractivity contribution in [1.82, 2.24) is 10.3 Å². The van der Waals surface area contributed by atoms with Gasteiger partial charge in [-0.3, -0.25) is 4.79 Å². The smallest absolute Gasteiger partial charge is 0.408 e. The number of pyridine rings is 1. The lowest BCUT2D eigenvalue weighted by molar-refractivity contribution is -0.156. The molecule has 30 heavy (non-hydrogen) atoms. The highest BCUT2D eigenvalue weighted by atomic mass is 35.5. The van der Waals surface area contributed by atoms with Gasteiger partial charge in [-0.05, 0) is 30.5 Å². The fourth-order valence-electron chi connectivity index (χ4n) is 2.37. The Morgan fingerprint density at radius 1 is 1.07 bits per heavy atom. The minimum Gasteiger partial charge on any atom is -0.451 e. The van der Waals surface area contributed by atoms with E-state index in [2.05, 4.69) is 15.6 Å². The average Bonchev–Trinajstić information content (AvgIpc) is 2.72. The molecule has 0 bridgehead atoms. The van der Waals surface area contributed by atoms with Gasteiger partial charge < -0.3 is 20.1 Å². The van der Waals surface area contributed by atoms with E-state index < -0.39 is 30.1 Å². The van der Waals surface area contributed by atoms with Crippen LogP contribution in [0.1, 0.15) is 26.3 Å². The lowest BCUT2D eigenvalue weighted by atomic mass is 10.1. The van der Waals surface area contributed by atoms with Crippen LogP contribution in [-0.2, 0) is 25.7 Å². The van der Waals surface area contributed by atoms with Crippen LogP contribution in [-0.4, -0.2) is 35.1 Å². The summed E-state index contributed by atoms with van der Waals surface area (Å²) in [6, 6.07) is 11.3. The molecule has 2 atom stereocenters. The van der Waals surface area contributed by atoms with E-state index in [4.69, 9.17) is 21.1 Å². The van der Waals surface area contributed by atoms with E-state index in [9.17, 15) is 14.4 Å². The summed E-state index contributed by atoms with van der Waals surface area (Å²) >= 11 is 5.75. The van der Waals surface area contributed by atoms with Crippen molar-refractivity contribution in [2.45, 2.75) is 39.5 Å². The summed E-state index contributed by atoms with van der Waals surface area (Å²) in [4.78, 5) is 40.8. The summed E-state index contributed by atoms with van der Waals surface area (Å²) in [5.74, 6) is -1.31. The van der Waals surface area contributed by atoms with Crippen molar-refractivity contribution in [2.24, 2.45) is 5.92 Å². The Morgan fingerprint density at radius 2 is 1.77 bits per heavy atom. The van der Waals surface area contributed by atoms with Gasteiger partial charge in [-0.25, -0.2) is 14.6 Å². The highest BCUT2D eigenvalue weighted by Crippen LogP contribution is 2.11. The number of halogens is 1. The summed E-state index contributed by atoms with van der Waals surface area (Å²) in [7, 11) is 0. The molecule has 1 heterocycles. The van der Waals surface area contributed by atoms with Crippen molar-refractivity contribution in [1.29, 1.82) is 0 Å². The van der Waals surface area contributed by atoms with Crippen LogP contribution in [0.3, 0.4) is 0 Å². The fourth-order valence-corrected chi connectivity index (χ4v) is 2.48. The molecule has 8 nitrogen and oxygen atoms in total. The van der Waals surface area contributed by atoms with Gasteiger partial charge in [0.1, 0.15) is 18.5 Å². The average molecular weight is 434 g/mol. The Hall–Kier alpha value is -3.13. The molecule has 1 aromatic heterocycles. The number of hydrogen-bond donors (Lipinski definition) is 2. The van der Waals surface area contributed by atoms with E-state index >= 15 is 0 Å². The first-order valence-electron chi connectivity index (χ1n) is 9.36. The number of benzene rings is 1. The summed E-state index contributed by atoms with van der Waals surface area (Å²) in [5.41, 5.74) is 0.817. The Bertz CT molecular complexity index is 859. The van der Waals surface area contributed by atoms with Crippen LogP contribution in [0.2, 0.25) is 5.02 Å². The summed E-state index contributed by atoms with van der Waals surface area (Å²) in [6.07, 6.45) is -0.469. The highest BCUT2D eigenvalue weighted by molar-refractivity contribution is 6.30. The molecule has 0 radical (unpaired) electrons. The SMILES string of the molecule is CC(C)[C@H](NC(=O)OCc1ccccc1)C(=O)O[C@H](C)C(=O)Nc1ccc(Cl)cn1. The van der Waals surface area contributed by atoms with Crippen molar-refractivity contribution in [3.8, 4) is 0 Å². The number of carbonyl (C=O) groups excluding carboxylic acids is 3. The minimum atomic E-state index is -1.10. The van der Waals surface area contributed by atoms with E-state index in [-0.39, 0.29) is 18.3 Å². The fraction of sp³-hybridized carbons (Fsp3) is 0.333. The summed E-state index contributed by atoms with van der Waals surface area (Å²) < 4.78 is 10.4. The first kappa shape index (κ1) is 23.2. The summed E-state index contributed by atoms with van der Waals surface area (Å²) in [6.45, 7) is 4.98. The van der Waals surface area contributed by atoms with Gasteiger partial charge in [0.05, 0.1) is 5.02 Å². The molecular formula is C21H24ClN3O5. The van der Waals surface area contributed by atoms with Gasteiger partial charge in [0, 0.05) is 6.20 Å². The Balaban J connectivity index is 1.88. The zero-order chi connectivity index (χ0) is 22.1. The van der Waals surface area contributed by atoms with Crippen molar-refractivity contribution < 1.29 is 23.9 Å². The zero-order valence-corrected chi connectivity index (χ0v) is 17.7. The number of carbonyl (C=O) groups is 3. The number of aromatic nitrogens is 1. The number of rotatable bonds is 8. The second kappa shape index (κ2) is 11.2. The standard InChI is InChI=1S/C21H24ClN3O5/c1-13(2)18(25-21(28)29-12-15-7-5-4-6-8-15)20(27)30-14(3)19(26)24-17-10-9-16(22)11-23-17/h4-11,13-14,18H,12H2,1-3H3,(H,25,28)(H,23,24,26)/t14-,18+/m1/s1. The number of nitrogens with one attached hydrogen (secondary N) is 2. The number of anilines is 1. The maximum atomic E-state index is 12.5. The van der Waals surface area contributed by atoms with Gasteiger partial charge in [0.2, 0.25) is 0 Å². The Kier molecular flexibility index (Phi) is 8.61. The minimum absolute atomic E-state index is 0.0689. The molecule has 0 saturated heterocycles. The zero-order valence-electron chi connectivity index (χ0n) is 16.9. The van der Waals surface area contributed by atoms with Gasteiger partial charge in [0.15, 0.2) is 6.10 Å². The van der Waals surface area contributed by atoms with Crippen LogP contribution < -0.4 is 10.6 Å². The normalized spacial score (nSPS) is 12.6. The second-order valence-corrected chi connectivity index (χ2v) is 7.29. The van der Waals surface area contributed by atoms with Gasteiger partial charge in [0.25, 0.3) is 5.91 Å². The van der Waals surface area contributed by atoms with Crippen LogP contribution in [0.25, 0.3) is 0 Å². The van der Waals surface area contributed by atoms with Crippen LogP contribution >= 0.6 is 11.6 Å². The molecule has 1 aromatic carbocycles. The van der Waals surface area contributed by atoms with E-state index in [1.807, 2.05) is 30.3 Å². The molecule has 0 unspecified atom stereocenters. The highest BCUT2D eigenvalue weighted by Gasteiger charge is 2.29. The third kappa shape index (κ3) is 7.36. The molecule has 2 N–H and O–H groups in total. The predicted molar refractivity (Wildman–Crippen MR) is 112 cm³/mol. The third-order valence-corrected chi connectivity index (χ3v) is 4.27. The predicted octanol–water partition coefficient (Wildman–Crippen LogP) is 3.56. The molecule has 9 heteroatoms. The molecule has 0 aliphatic heterocycles. The number of alkyl carbamates (subject to hydrolysis) is 1. The first-order valence-corrected chi connectivity index (χ1v) is 9.74. The van der Waals surface area contributed by atoms with Crippen molar-refractivity contribution in [3.63, 3.8) is 0 Å². The largest absolute Gasteiger partial charge is 0.451 e. The van der Waals surface area contributed by atoms with E-state index in [0.29, 0.717) is 5.02 Å². The number of ether oxygens (including phenoxy) is 2. The Labute approximate surface area is 179 Å². The number of esters is 1. The van der Waals surface area contributed by atoms with Crippen LogP contribution in [0, 0.1) is 5.92 Å². The van der Waals surface area contributed by atoms with Gasteiger partial charge in [-0.1, -0.05) is 55.8 Å². The Morgan fingerprint density at radius 3 is 2.37 bits per heavy atom. The van der Waals surface area contributed by atoms with E-state index in [0.717, 1.165) is 5.56 Å². The molecule has 0 aliphatic rings. The maximum absolute atomic E-state index is 12.5. The van der Waals surface area contributed by atoms with Gasteiger partial charge in [-0.15, -0.1) is 0 Å². The van der Waals surface area contributed by atoms with Crippen LogP contribution in [0.5, 0.6) is 0 Å². The first-order chi connectivity index (χ1) is 14.3. The van der Waals surface area contributed by atoms with Crippen LogP contribution in [0.4, 0.5) is 10.6 Å². The van der Waals surface area contributed by atoms with Gasteiger partial charge in [-0.2, -0.15) is 0 Å². The molecule has 0 fully saturated rings.